The summed E-state index contributed by atoms with van der Waals surface area (Å²) in [6.45, 7) is 2.30. The number of aryl methyl sites for hydroxylation is 1. The van der Waals surface area contributed by atoms with E-state index in [-0.39, 0.29) is 25.8 Å². The summed E-state index contributed by atoms with van der Waals surface area (Å²) in [6, 6.07) is 12.1. The van der Waals surface area contributed by atoms with Gasteiger partial charge in [-0.05, 0) is 36.8 Å². The monoisotopic (exact) mass is 376 g/mol. The van der Waals surface area contributed by atoms with E-state index in [1.54, 1.807) is 30.3 Å². The minimum absolute atomic E-state index is 0.139. The van der Waals surface area contributed by atoms with Gasteiger partial charge in [0.1, 0.15) is 0 Å². The molecule has 0 spiro atoms. The molecule has 0 fully saturated rings. The van der Waals surface area contributed by atoms with Gasteiger partial charge in [0.05, 0.1) is 18.5 Å². The van der Waals surface area contributed by atoms with Crippen LogP contribution in [0.25, 0.3) is 0 Å². The topological polar surface area (TPSA) is 84.9 Å². The zero-order valence-corrected chi connectivity index (χ0v) is 15.4. The molecule has 1 aliphatic rings. The SMILES string of the molecule is Cc1ccccc1N(CCNC(=O)c1ccc2c(c1)OCO2)S(C)(=O)=O. The Balaban J connectivity index is 1.67. The number of carbonyl (C=O) groups excluding carboxylic acids is 1. The van der Waals surface area contributed by atoms with Crippen molar-refractivity contribution >= 4 is 21.6 Å². The highest BCUT2D eigenvalue weighted by Gasteiger charge is 2.20. The van der Waals surface area contributed by atoms with E-state index in [0.717, 1.165) is 11.8 Å². The van der Waals surface area contributed by atoms with Crippen LogP contribution < -0.4 is 19.1 Å². The number of carbonyl (C=O) groups is 1. The van der Waals surface area contributed by atoms with Gasteiger partial charge >= 0.3 is 0 Å². The van der Waals surface area contributed by atoms with Crippen molar-refractivity contribution < 1.29 is 22.7 Å². The smallest absolute Gasteiger partial charge is 0.251 e. The average molecular weight is 376 g/mol. The van der Waals surface area contributed by atoms with E-state index < -0.39 is 10.0 Å². The molecule has 2 aromatic rings. The Morgan fingerprint density at radius 3 is 2.62 bits per heavy atom. The number of hydrogen-bond acceptors (Lipinski definition) is 5. The molecule has 1 amide bonds. The molecule has 1 N–H and O–H groups in total. The van der Waals surface area contributed by atoms with Gasteiger partial charge in [0.2, 0.25) is 16.8 Å². The van der Waals surface area contributed by atoms with Crippen LogP contribution in [0.1, 0.15) is 15.9 Å². The second-order valence-electron chi connectivity index (χ2n) is 5.95. The van der Waals surface area contributed by atoms with Crippen LogP contribution >= 0.6 is 0 Å². The van der Waals surface area contributed by atoms with Crippen LogP contribution in [-0.2, 0) is 10.0 Å². The maximum absolute atomic E-state index is 12.3. The zero-order valence-electron chi connectivity index (χ0n) is 14.6. The first-order valence-electron chi connectivity index (χ1n) is 8.07. The molecule has 2 aromatic carbocycles. The third-order valence-corrected chi connectivity index (χ3v) is 5.20. The van der Waals surface area contributed by atoms with E-state index in [4.69, 9.17) is 9.47 Å². The quantitative estimate of drug-likeness (QED) is 0.833. The Morgan fingerprint density at radius 2 is 1.88 bits per heavy atom. The van der Waals surface area contributed by atoms with E-state index in [2.05, 4.69) is 5.32 Å². The van der Waals surface area contributed by atoms with Crippen molar-refractivity contribution in [3.63, 3.8) is 0 Å². The number of para-hydroxylation sites is 1. The molecule has 3 rings (SSSR count). The molecular formula is C18H20N2O5S. The Labute approximate surface area is 152 Å². The van der Waals surface area contributed by atoms with Crippen LogP contribution in [0, 0.1) is 6.92 Å². The van der Waals surface area contributed by atoms with Gasteiger partial charge in [-0.25, -0.2) is 8.42 Å². The second-order valence-corrected chi connectivity index (χ2v) is 7.85. The molecule has 0 bridgehead atoms. The third kappa shape index (κ3) is 3.91. The molecule has 0 atom stereocenters. The molecule has 8 heteroatoms. The molecule has 0 unspecified atom stereocenters. The van der Waals surface area contributed by atoms with Gasteiger partial charge < -0.3 is 14.8 Å². The highest BCUT2D eigenvalue weighted by atomic mass is 32.2. The molecule has 0 aromatic heterocycles. The summed E-state index contributed by atoms with van der Waals surface area (Å²) >= 11 is 0. The highest BCUT2D eigenvalue weighted by molar-refractivity contribution is 7.92. The lowest BCUT2D eigenvalue weighted by Gasteiger charge is -2.24. The van der Waals surface area contributed by atoms with Crippen LogP contribution in [-0.4, -0.2) is 40.5 Å². The summed E-state index contributed by atoms with van der Waals surface area (Å²) in [5.41, 5.74) is 1.88. The summed E-state index contributed by atoms with van der Waals surface area (Å²) in [5.74, 6) is 0.821. The molecule has 1 aliphatic heterocycles. The fraction of sp³-hybridized carbons (Fsp3) is 0.278. The van der Waals surface area contributed by atoms with Crippen molar-refractivity contribution in [3.05, 3.63) is 53.6 Å². The van der Waals surface area contributed by atoms with E-state index in [1.807, 2.05) is 19.1 Å². The third-order valence-electron chi connectivity index (χ3n) is 4.02. The summed E-state index contributed by atoms with van der Waals surface area (Å²) in [4.78, 5) is 12.3. The Morgan fingerprint density at radius 1 is 1.15 bits per heavy atom. The van der Waals surface area contributed by atoms with E-state index in [1.165, 1.54) is 4.31 Å². The fourth-order valence-electron chi connectivity index (χ4n) is 2.72. The number of fused-ring (bicyclic) bond motifs is 1. The minimum Gasteiger partial charge on any atom is -0.454 e. The molecule has 0 radical (unpaired) electrons. The van der Waals surface area contributed by atoms with Gasteiger partial charge in [-0.1, -0.05) is 18.2 Å². The summed E-state index contributed by atoms with van der Waals surface area (Å²) in [7, 11) is -3.47. The number of ether oxygens (including phenoxy) is 2. The lowest BCUT2D eigenvalue weighted by atomic mass is 10.2. The number of anilines is 1. The first kappa shape index (κ1) is 18.1. The van der Waals surface area contributed by atoms with Crippen LogP contribution in [0.4, 0.5) is 5.69 Å². The number of nitrogens with zero attached hydrogens (tertiary/aromatic N) is 1. The van der Waals surface area contributed by atoms with Crippen molar-refractivity contribution in [1.82, 2.24) is 5.32 Å². The lowest BCUT2D eigenvalue weighted by Crippen LogP contribution is -2.38. The standard InChI is InChI=1S/C18H20N2O5S/c1-13-5-3-4-6-15(13)20(26(2,22)23)10-9-19-18(21)14-7-8-16-17(11-14)25-12-24-16/h3-8,11H,9-10,12H2,1-2H3,(H,19,21). The first-order valence-corrected chi connectivity index (χ1v) is 9.92. The normalized spacial score (nSPS) is 12.7. The Kier molecular flexibility index (Phi) is 5.03. The van der Waals surface area contributed by atoms with Gasteiger partial charge in [0.25, 0.3) is 5.91 Å². The van der Waals surface area contributed by atoms with Gasteiger partial charge in [-0.15, -0.1) is 0 Å². The maximum atomic E-state index is 12.3. The van der Waals surface area contributed by atoms with Crippen molar-refractivity contribution in [2.45, 2.75) is 6.92 Å². The molecule has 26 heavy (non-hydrogen) atoms. The van der Waals surface area contributed by atoms with E-state index in [0.29, 0.717) is 22.7 Å². The summed E-state index contributed by atoms with van der Waals surface area (Å²) in [5, 5.41) is 2.74. The fourth-order valence-corrected chi connectivity index (χ4v) is 3.70. The van der Waals surface area contributed by atoms with Gasteiger partial charge in [0.15, 0.2) is 11.5 Å². The second kappa shape index (κ2) is 7.25. The maximum Gasteiger partial charge on any atom is 0.251 e. The number of nitrogens with one attached hydrogen (secondary N) is 1. The summed E-state index contributed by atoms with van der Waals surface area (Å²) < 4.78 is 36.0. The molecule has 0 saturated heterocycles. The number of benzene rings is 2. The van der Waals surface area contributed by atoms with E-state index >= 15 is 0 Å². The Hall–Kier alpha value is -2.74. The van der Waals surface area contributed by atoms with Gasteiger partial charge in [0, 0.05) is 12.1 Å². The number of sulfonamides is 1. The van der Waals surface area contributed by atoms with Crippen molar-refractivity contribution in [1.29, 1.82) is 0 Å². The van der Waals surface area contributed by atoms with Gasteiger partial charge in [-0.2, -0.15) is 0 Å². The van der Waals surface area contributed by atoms with E-state index in [9.17, 15) is 13.2 Å². The molecule has 0 aliphatic carbocycles. The van der Waals surface area contributed by atoms with Crippen molar-refractivity contribution in [2.24, 2.45) is 0 Å². The van der Waals surface area contributed by atoms with Gasteiger partial charge in [-0.3, -0.25) is 9.10 Å². The largest absolute Gasteiger partial charge is 0.454 e. The molecule has 0 saturated carbocycles. The Bertz CT molecular complexity index is 927. The van der Waals surface area contributed by atoms with Crippen molar-refractivity contribution in [2.75, 3.05) is 30.4 Å². The summed E-state index contributed by atoms with van der Waals surface area (Å²) in [6.07, 6.45) is 1.15. The lowest BCUT2D eigenvalue weighted by molar-refractivity contribution is 0.0954. The predicted octanol–water partition coefficient (Wildman–Crippen LogP) is 1.92. The number of amides is 1. The predicted molar refractivity (Wildman–Crippen MR) is 98.3 cm³/mol. The number of rotatable bonds is 6. The van der Waals surface area contributed by atoms with Crippen LogP contribution in [0.15, 0.2) is 42.5 Å². The number of hydrogen-bond donors (Lipinski definition) is 1. The van der Waals surface area contributed by atoms with Crippen LogP contribution in [0.5, 0.6) is 11.5 Å². The minimum atomic E-state index is -3.47. The first-order chi connectivity index (χ1) is 12.4. The highest BCUT2D eigenvalue weighted by Crippen LogP contribution is 2.32. The molecule has 1 heterocycles. The average Bonchev–Trinajstić information content (AvgIpc) is 3.06. The van der Waals surface area contributed by atoms with Crippen LogP contribution in [0.3, 0.4) is 0 Å². The zero-order chi connectivity index (χ0) is 18.7. The molecular weight excluding hydrogens is 356 g/mol. The molecule has 7 nitrogen and oxygen atoms in total. The van der Waals surface area contributed by atoms with Crippen molar-refractivity contribution in [3.8, 4) is 11.5 Å². The molecule has 138 valence electrons. The van der Waals surface area contributed by atoms with Crippen LogP contribution in [0.2, 0.25) is 0 Å².